The maximum absolute atomic E-state index is 5.60. The molecule has 0 atom stereocenters. The van der Waals surface area contributed by atoms with Crippen LogP contribution in [0, 0.1) is 0 Å². The first-order chi connectivity index (χ1) is 8.33. The van der Waals surface area contributed by atoms with E-state index in [9.17, 15) is 0 Å². The Kier molecular flexibility index (Phi) is 3.98. The predicted octanol–water partition coefficient (Wildman–Crippen LogP) is 2.92. The first kappa shape index (κ1) is 11.9. The molecule has 90 valence electrons. The third kappa shape index (κ3) is 2.97. The van der Waals surface area contributed by atoms with Crippen molar-refractivity contribution >= 4 is 11.6 Å². The van der Waals surface area contributed by atoms with Crippen molar-refractivity contribution < 1.29 is 9.15 Å². The van der Waals surface area contributed by atoms with Crippen LogP contribution in [0.15, 0.2) is 28.7 Å². The molecular formula is C12H13ClN2O2. The fourth-order valence-corrected chi connectivity index (χ4v) is 1.57. The second-order valence-corrected chi connectivity index (χ2v) is 3.78. The number of aromatic nitrogens is 2. The normalized spacial score (nSPS) is 10.5. The highest BCUT2D eigenvalue weighted by molar-refractivity contribution is 6.17. The Morgan fingerprint density at radius 3 is 2.65 bits per heavy atom. The minimum absolute atomic E-state index is 0.477. The molecule has 1 aromatic heterocycles. The van der Waals surface area contributed by atoms with Gasteiger partial charge >= 0.3 is 0 Å². The Bertz CT molecular complexity index is 468. The second-order valence-electron chi connectivity index (χ2n) is 3.40. The van der Waals surface area contributed by atoms with Crippen molar-refractivity contribution in [1.29, 1.82) is 0 Å². The molecule has 0 aliphatic heterocycles. The van der Waals surface area contributed by atoms with Crippen molar-refractivity contribution in [3.63, 3.8) is 0 Å². The van der Waals surface area contributed by atoms with E-state index in [1.807, 2.05) is 31.2 Å². The van der Waals surface area contributed by atoms with Crippen LogP contribution in [0.3, 0.4) is 0 Å². The van der Waals surface area contributed by atoms with E-state index < -0.39 is 0 Å². The van der Waals surface area contributed by atoms with Gasteiger partial charge in [-0.25, -0.2) is 0 Å². The van der Waals surface area contributed by atoms with Crippen LogP contribution in [0.4, 0.5) is 0 Å². The van der Waals surface area contributed by atoms with Crippen LogP contribution in [-0.4, -0.2) is 22.7 Å². The number of hydrogen-bond acceptors (Lipinski definition) is 4. The van der Waals surface area contributed by atoms with E-state index in [0.717, 1.165) is 11.3 Å². The average Bonchev–Trinajstić information content (AvgIpc) is 2.80. The smallest absolute Gasteiger partial charge is 0.247 e. The van der Waals surface area contributed by atoms with Gasteiger partial charge in [0.05, 0.1) is 6.61 Å². The molecule has 2 aromatic rings. The van der Waals surface area contributed by atoms with Gasteiger partial charge < -0.3 is 9.15 Å². The van der Waals surface area contributed by atoms with E-state index in [2.05, 4.69) is 10.2 Å². The lowest BCUT2D eigenvalue weighted by Crippen LogP contribution is -1.90. The van der Waals surface area contributed by atoms with Crippen molar-refractivity contribution in [2.75, 3.05) is 12.5 Å². The van der Waals surface area contributed by atoms with Gasteiger partial charge in [0.25, 0.3) is 0 Å². The number of aryl methyl sites for hydroxylation is 1. The van der Waals surface area contributed by atoms with E-state index in [4.69, 9.17) is 20.8 Å². The topological polar surface area (TPSA) is 48.2 Å². The van der Waals surface area contributed by atoms with E-state index in [1.165, 1.54) is 0 Å². The Hall–Kier alpha value is -1.55. The zero-order valence-electron chi connectivity index (χ0n) is 9.52. The summed E-state index contributed by atoms with van der Waals surface area (Å²) in [6.45, 7) is 2.60. The molecule has 0 fully saturated rings. The Morgan fingerprint density at radius 1 is 1.24 bits per heavy atom. The van der Waals surface area contributed by atoms with Crippen molar-refractivity contribution in [2.24, 2.45) is 0 Å². The van der Waals surface area contributed by atoms with Crippen LogP contribution in [0.1, 0.15) is 12.8 Å². The summed E-state index contributed by atoms with van der Waals surface area (Å²) in [5.74, 6) is 2.37. The predicted molar refractivity (Wildman–Crippen MR) is 65.3 cm³/mol. The number of halogens is 1. The number of rotatable bonds is 5. The molecule has 1 heterocycles. The molecule has 0 unspecified atom stereocenters. The van der Waals surface area contributed by atoms with Crippen molar-refractivity contribution in [3.05, 3.63) is 30.2 Å². The lowest BCUT2D eigenvalue weighted by atomic mass is 10.2. The highest BCUT2D eigenvalue weighted by atomic mass is 35.5. The maximum Gasteiger partial charge on any atom is 0.247 e. The Morgan fingerprint density at radius 2 is 2.00 bits per heavy atom. The first-order valence-electron chi connectivity index (χ1n) is 5.45. The Labute approximate surface area is 105 Å². The highest BCUT2D eigenvalue weighted by Crippen LogP contribution is 2.21. The molecule has 0 N–H and O–H groups in total. The minimum atomic E-state index is 0.477. The number of hydrogen-bond donors (Lipinski definition) is 0. The molecule has 4 nitrogen and oxygen atoms in total. The number of alkyl halides is 1. The third-order valence-electron chi connectivity index (χ3n) is 2.19. The standard InChI is InChI=1S/C12H13ClN2O2/c1-2-16-10-5-3-9(4-6-10)12-15-14-11(17-12)7-8-13/h3-6H,2,7-8H2,1H3. The molecule has 0 bridgehead atoms. The molecule has 0 saturated carbocycles. The van der Waals surface area contributed by atoms with Crippen LogP contribution in [0.5, 0.6) is 5.75 Å². The van der Waals surface area contributed by atoms with Gasteiger partial charge in [-0.2, -0.15) is 0 Å². The van der Waals surface area contributed by atoms with Crippen molar-refractivity contribution in [1.82, 2.24) is 10.2 Å². The Balaban J connectivity index is 2.15. The highest BCUT2D eigenvalue weighted by Gasteiger charge is 2.07. The van der Waals surface area contributed by atoms with Crippen molar-refractivity contribution in [3.8, 4) is 17.2 Å². The molecule has 0 radical (unpaired) electrons. The van der Waals surface area contributed by atoms with Crippen LogP contribution in [0.25, 0.3) is 11.5 Å². The molecule has 0 aliphatic rings. The summed E-state index contributed by atoms with van der Waals surface area (Å²) in [4.78, 5) is 0. The fraction of sp³-hybridized carbons (Fsp3) is 0.333. The summed E-state index contributed by atoms with van der Waals surface area (Å²) < 4.78 is 10.8. The van der Waals surface area contributed by atoms with Gasteiger partial charge in [-0.1, -0.05) is 0 Å². The minimum Gasteiger partial charge on any atom is -0.494 e. The van der Waals surface area contributed by atoms with Crippen LogP contribution in [-0.2, 0) is 6.42 Å². The SMILES string of the molecule is CCOc1ccc(-c2nnc(CCCl)o2)cc1. The monoisotopic (exact) mass is 252 g/mol. The first-order valence-corrected chi connectivity index (χ1v) is 5.98. The zero-order valence-corrected chi connectivity index (χ0v) is 10.3. The second kappa shape index (κ2) is 5.68. The molecule has 1 aromatic carbocycles. The maximum atomic E-state index is 5.60. The number of nitrogens with zero attached hydrogens (tertiary/aromatic N) is 2. The van der Waals surface area contributed by atoms with Crippen LogP contribution in [0.2, 0.25) is 0 Å². The molecule has 17 heavy (non-hydrogen) atoms. The van der Waals surface area contributed by atoms with Gasteiger partial charge in [-0.15, -0.1) is 21.8 Å². The summed E-state index contributed by atoms with van der Waals surface area (Å²) in [5.41, 5.74) is 0.877. The van der Waals surface area contributed by atoms with Crippen LogP contribution >= 0.6 is 11.6 Å². The zero-order chi connectivity index (χ0) is 12.1. The molecule has 5 heteroatoms. The number of benzene rings is 1. The van der Waals surface area contributed by atoms with E-state index in [-0.39, 0.29) is 0 Å². The summed E-state index contributed by atoms with van der Waals surface area (Å²) in [5, 5.41) is 7.87. The van der Waals surface area contributed by atoms with Gasteiger partial charge in [0.15, 0.2) is 0 Å². The number of ether oxygens (including phenoxy) is 1. The van der Waals surface area contributed by atoms with Gasteiger partial charge in [0.2, 0.25) is 11.8 Å². The lowest BCUT2D eigenvalue weighted by Gasteiger charge is -2.02. The molecule has 2 rings (SSSR count). The summed E-state index contributed by atoms with van der Waals surface area (Å²) in [6.07, 6.45) is 0.589. The quantitative estimate of drug-likeness (QED) is 0.768. The van der Waals surface area contributed by atoms with E-state index in [1.54, 1.807) is 0 Å². The largest absolute Gasteiger partial charge is 0.494 e. The average molecular weight is 253 g/mol. The lowest BCUT2D eigenvalue weighted by molar-refractivity contribution is 0.340. The fourth-order valence-electron chi connectivity index (χ4n) is 1.41. The van der Waals surface area contributed by atoms with E-state index in [0.29, 0.717) is 30.7 Å². The van der Waals surface area contributed by atoms with Gasteiger partial charge in [0, 0.05) is 17.9 Å². The molecule has 0 saturated heterocycles. The summed E-state index contributed by atoms with van der Waals surface area (Å²) in [6, 6.07) is 7.54. The summed E-state index contributed by atoms with van der Waals surface area (Å²) in [7, 11) is 0. The molecule has 0 spiro atoms. The van der Waals surface area contributed by atoms with Gasteiger partial charge in [-0.05, 0) is 31.2 Å². The van der Waals surface area contributed by atoms with E-state index >= 15 is 0 Å². The molecule has 0 amide bonds. The van der Waals surface area contributed by atoms with Gasteiger partial charge in [0.1, 0.15) is 5.75 Å². The third-order valence-corrected chi connectivity index (χ3v) is 2.38. The molecule has 0 aliphatic carbocycles. The summed E-state index contributed by atoms with van der Waals surface area (Å²) >= 11 is 5.60. The van der Waals surface area contributed by atoms with Crippen molar-refractivity contribution in [2.45, 2.75) is 13.3 Å². The van der Waals surface area contributed by atoms with Crippen LogP contribution < -0.4 is 4.74 Å². The van der Waals surface area contributed by atoms with Gasteiger partial charge in [-0.3, -0.25) is 0 Å². The molecular weight excluding hydrogens is 240 g/mol.